The van der Waals surface area contributed by atoms with Crippen LogP contribution < -0.4 is 5.32 Å². The number of piperidine rings is 1. The van der Waals surface area contributed by atoms with Crippen molar-refractivity contribution in [1.82, 2.24) is 4.90 Å². The second kappa shape index (κ2) is 5.25. The lowest BCUT2D eigenvalue weighted by Gasteiger charge is -2.50. The van der Waals surface area contributed by atoms with E-state index in [-0.39, 0.29) is 17.4 Å². The molecule has 1 spiro atoms. The summed E-state index contributed by atoms with van der Waals surface area (Å²) in [6, 6.07) is 7.71. The standard InChI is InChI=1S/C18H24N2O3/c1-17(2,3)14-11-18(8-9-20(14)16(22)23)10-12-6-4-5-7-13(12)19-15(18)21/h4-7,14H,8-11H2,1-3H3,(H,19,21)(H,22,23). The third kappa shape index (κ3) is 2.69. The van der Waals surface area contributed by atoms with Crippen LogP contribution in [0.15, 0.2) is 24.3 Å². The van der Waals surface area contributed by atoms with E-state index in [0.29, 0.717) is 25.8 Å². The van der Waals surface area contributed by atoms with Gasteiger partial charge in [-0.2, -0.15) is 0 Å². The van der Waals surface area contributed by atoms with E-state index in [2.05, 4.69) is 5.32 Å². The summed E-state index contributed by atoms with van der Waals surface area (Å²) in [4.78, 5) is 25.9. The van der Waals surface area contributed by atoms with Crippen LogP contribution in [-0.4, -0.2) is 34.6 Å². The maximum Gasteiger partial charge on any atom is 0.407 e. The molecule has 124 valence electrons. The molecule has 1 fully saturated rings. The zero-order chi connectivity index (χ0) is 16.8. The van der Waals surface area contributed by atoms with Crippen molar-refractivity contribution in [3.05, 3.63) is 29.8 Å². The van der Waals surface area contributed by atoms with Crippen molar-refractivity contribution < 1.29 is 14.7 Å². The Hall–Kier alpha value is -2.04. The molecule has 2 amide bonds. The minimum atomic E-state index is -0.892. The minimum absolute atomic E-state index is 0.0375. The lowest BCUT2D eigenvalue weighted by molar-refractivity contribution is -0.131. The molecule has 1 saturated heterocycles. The number of hydrogen-bond donors (Lipinski definition) is 2. The molecule has 0 radical (unpaired) electrons. The van der Waals surface area contributed by atoms with Crippen LogP contribution in [0.1, 0.15) is 39.2 Å². The van der Waals surface area contributed by atoms with E-state index < -0.39 is 11.5 Å². The van der Waals surface area contributed by atoms with Gasteiger partial charge in [-0.05, 0) is 36.3 Å². The molecule has 1 aromatic rings. The lowest BCUT2D eigenvalue weighted by atomic mass is 9.64. The zero-order valence-electron chi connectivity index (χ0n) is 13.9. The quantitative estimate of drug-likeness (QED) is 0.771. The average molecular weight is 316 g/mol. The number of anilines is 1. The number of nitrogens with one attached hydrogen (secondary N) is 1. The molecule has 5 heteroatoms. The predicted octanol–water partition coefficient (Wildman–Crippen LogP) is 3.36. The first kappa shape index (κ1) is 15.8. The number of carbonyl (C=O) groups is 2. The Morgan fingerprint density at radius 1 is 1.35 bits per heavy atom. The molecule has 2 aliphatic rings. The lowest BCUT2D eigenvalue weighted by Crippen LogP contribution is -2.58. The topological polar surface area (TPSA) is 69.6 Å². The molecular weight excluding hydrogens is 292 g/mol. The maximum atomic E-state index is 12.8. The number of likely N-dealkylation sites (tertiary alicyclic amines) is 1. The van der Waals surface area contributed by atoms with Crippen LogP contribution in [0.3, 0.4) is 0 Å². The molecule has 0 saturated carbocycles. The number of hydrogen-bond acceptors (Lipinski definition) is 2. The number of rotatable bonds is 0. The van der Waals surface area contributed by atoms with Crippen molar-refractivity contribution in [2.45, 2.75) is 46.1 Å². The summed E-state index contributed by atoms with van der Waals surface area (Å²) in [7, 11) is 0. The number of para-hydroxylation sites is 1. The first-order valence-electron chi connectivity index (χ1n) is 8.12. The Bertz CT molecular complexity index is 650. The average Bonchev–Trinajstić information content (AvgIpc) is 2.47. The summed E-state index contributed by atoms with van der Waals surface area (Å²) < 4.78 is 0. The highest BCUT2D eigenvalue weighted by Crippen LogP contribution is 2.46. The fourth-order valence-electron chi connectivity index (χ4n) is 3.94. The third-order valence-corrected chi connectivity index (χ3v) is 5.31. The molecule has 0 aliphatic carbocycles. The van der Waals surface area contributed by atoms with Gasteiger partial charge in [0, 0.05) is 18.3 Å². The highest BCUT2D eigenvalue weighted by atomic mass is 16.4. The van der Waals surface area contributed by atoms with Gasteiger partial charge in [0.05, 0.1) is 5.41 Å². The van der Waals surface area contributed by atoms with Gasteiger partial charge < -0.3 is 15.3 Å². The van der Waals surface area contributed by atoms with Gasteiger partial charge in [-0.25, -0.2) is 4.79 Å². The largest absolute Gasteiger partial charge is 0.465 e. The number of amides is 2. The summed E-state index contributed by atoms with van der Waals surface area (Å²) in [6.45, 7) is 6.54. The Balaban J connectivity index is 1.95. The van der Waals surface area contributed by atoms with Crippen LogP contribution in [0, 0.1) is 10.8 Å². The highest BCUT2D eigenvalue weighted by Gasteiger charge is 2.51. The molecule has 2 N–H and O–H groups in total. The number of carbonyl (C=O) groups excluding carboxylic acids is 1. The molecule has 1 aromatic carbocycles. The van der Waals surface area contributed by atoms with Crippen LogP contribution in [0.4, 0.5) is 10.5 Å². The van der Waals surface area contributed by atoms with Gasteiger partial charge in [-0.3, -0.25) is 4.79 Å². The molecule has 23 heavy (non-hydrogen) atoms. The summed E-state index contributed by atoms with van der Waals surface area (Å²) in [6.07, 6.45) is 0.945. The number of nitrogens with zero attached hydrogens (tertiary/aromatic N) is 1. The summed E-state index contributed by atoms with van der Waals surface area (Å²) in [5.74, 6) is 0.0375. The van der Waals surface area contributed by atoms with Crippen LogP contribution in [-0.2, 0) is 11.2 Å². The van der Waals surface area contributed by atoms with Gasteiger partial charge in [0.2, 0.25) is 5.91 Å². The van der Waals surface area contributed by atoms with Crippen molar-refractivity contribution in [3.8, 4) is 0 Å². The Labute approximate surface area is 136 Å². The fourth-order valence-corrected chi connectivity index (χ4v) is 3.94. The van der Waals surface area contributed by atoms with Gasteiger partial charge in [0.15, 0.2) is 0 Å². The van der Waals surface area contributed by atoms with Crippen molar-refractivity contribution in [3.63, 3.8) is 0 Å². The Morgan fingerprint density at radius 2 is 2.04 bits per heavy atom. The first-order chi connectivity index (χ1) is 10.7. The molecule has 5 nitrogen and oxygen atoms in total. The van der Waals surface area contributed by atoms with E-state index in [1.165, 1.54) is 4.90 Å². The fraction of sp³-hybridized carbons (Fsp3) is 0.556. The van der Waals surface area contributed by atoms with Crippen LogP contribution >= 0.6 is 0 Å². The van der Waals surface area contributed by atoms with E-state index in [4.69, 9.17) is 0 Å². The molecule has 0 aromatic heterocycles. The Kier molecular flexibility index (Phi) is 3.62. The highest BCUT2D eigenvalue weighted by molar-refractivity contribution is 5.98. The first-order valence-corrected chi connectivity index (χ1v) is 8.12. The second-order valence-corrected chi connectivity index (χ2v) is 7.88. The SMILES string of the molecule is CC(C)(C)C1CC2(CCN1C(=O)O)Cc1ccccc1NC2=O. The number of benzene rings is 1. The molecule has 2 aliphatic heterocycles. The molecule has 3 rings (SSSR count). The van der Waals surface area contributed by atoms with Crippen molar-refractivity contribution in [2.75, 3.05) is 11.9 Å². The summed E-state index contributed by atoms with van der Waals surface area (Å²) in [5.41, 5.74) is 1.32. The van der Waals surface area contributed by atoms with Crippen LogP contribution in [0.2, 0.25) is 0 Å². The van der Waals surface area contributed by atoms with E-state index in [1.807, 2.05) is 45.0 Å². The van der Waals surface area contributed by atoms with E-state index in [0.717, 1.165) is 11.3 Å². The molecular formula is C18H24N2O3. The molecule has 2 unspecified atom stereocenters. The second-order valence-electron chi connectivity index (χ2n) is 7.88. The van der Waals surface area contributed by atoms with E-state index in [1.54, 1.807) is 0 Å². The maximum absolute atomic E-state index is 12.8. The number of carboxylic acid groups (broad SMARTS) is 1. The summed E-state index contributed by atoms with van der Waals surface area (Å²) >= 11 is 0. The van der Waals surface area contributed by atoms with Gasteiger partial charge in [0.1, 0.15) is 0 Å². The van der Waals surface area contributed by atoms with Crippen molar-refractivity contribution in [2.24, 2.45) is 10.8 Å². The van der Waals surface area contributed by atoms with Crippen LogP contribution in [0.25, 0.3) is 0 Å². The smallest absolute Gasteiger partial charge is 0.407 e. The summed E-state index contributed by atoms with van der Waals surface area (Å²) in [5, 5.41) is 12.5. The third-order valence-electron chi connectivity index (χ3n) is 5.31. The molecule has 2 heterocycles. The van der Waals surface area contributed by atoms with Crippen LogP contribution in [0.5, 0.6) is 0 Å². The van der Waals surface area contributed by atoms with E-state index >= 15 is 0 Å². The molecule has 2 atom stereocenters. The number of fused-ring (bicyclic) bond motifs is 1. The minimum Gasteiger partial charge on any atom is -0.465 e. The van der Waals surface area contributed by atoms with Gasteiger partial charge in [-0.15, -0.1) is 0 Å². The predicted molar refractivity (Wildman–Crippen MR) is 88.4 cm³/mol. The van der Waals surface area contributed by atoms with E-state index in [9.17, 15) is 14.7 Å². The molecule has 0 bridgehead atoms. The normalized spacial score (nSPS) is 27.5. The van der Waals surface area contributed by atoms with Gasteiger partial charge in [-0.1, -0.05) is 39.0 Å². The Morgan fingerprint density at radius 3 is 2.70 bits per heavy atom. The monoisotopic (exact) mass is 316 g/mol. The van der Waals surface area contributed by atoms with Gasteiger partial charge in [0.25, 0.3) is 0 Å². The van der Waals surface area contributed by atoms with Crippen molar-refractivity contribution >= 4 is 17.7 Å². The zero-order valence-corrected chi connectivity index (χ0v) is 13.9. The van der Waals surface area contributed by atoms with Crippen molar-refractivity contribution in [1.29, 1.82) is 0 Å². The van der Waals surface area contributed by atoms with Gasteiger partial charge >= 0.3 is 6.09 Å².